The molecule has 3 rings (SSSR count). The molecule has 3 nitrogen and oxygen atoms in total. The highest BCUT2D eigenvalue weighted by Gasteiger charge is 2.24. The minimum absolute atomic E-state index is 0.0882. The topological polar surface area (TPSA) is 24.5 Å². The number of halogens is 1. The molecule has 2 aliphatic rings. The molecule has 23 heavy (non-hydrogen) atoms. The van der Waals surface area contributed by atoms with E-state index in [1.54, 1.807) is 12.1 Å². The molecular formula is C19H29FN2O. The monoisotopic (exact) mass is 320 g/mol. The third kappa shape index (κ3) is 5.00. The van der Waals surface area contributed by atoms with Gasteiger partial charge in [-0.15, -0.1) is 0 Å². The summed E-state index contributed by atoms with van der Waals surface area (Å²) in [4.78, 5) is 2.58. The number of rotatable bonds is 6. The van der Waals surface area contributed by atoms with Gasteiger partial charge in [0.2, 0.25) is 0 Å². The normalized spacial score (nSPS) is 24.9. The highest BCUT2D eigenvalue weighted by Crippen LogP contribution is 2.18. The second-order valence-electron chi connectivity index (χ2n) is 7.17. The van der Waals surface area contributed by atoms with E-state index in [9.17, 15) is 4.39 Å². The Hall–Kier alpha value is -0.970. The van der Waals surface area contributed by atoms with Gasteiger partial charge in [-0.25, -0.2) is 4.39 Å². The maximum absolute atomic E-state index is 13.7. The minimum atomic E-state index is -0.0882. The number of ether oxygens (including phenoxy) is 1. The number of hydrogen-bond acceptors (Lipinski definition) is 3. The Bertz CT molecular complexity index is 482. The summed E-state index contributed by atoms with van der Waals surface area (Å²) >= 11 is 0. The van der Waals surface area contributed by atoms with Crippen molar-refractivity contribution in [2.24, 2.45) is 5.92 Å². The highest BCUT2D eigenvalue weighted by atomic mass is 19.1. The van der Waals surface area contributed by atoms with Crippen molar-refractivity contribution >= 4 is 0 Å². The fourth-order valence-electron chi connectivity index (χ4n) is 3.83. The van der Waals surface area contributed by atoms with Crippen molar-refractivity contribution in [3.8, 4) is 0 Å². The Morgan fingerprint density at radius 1 is 1.26 bits per heavy atom. The first kappa shape index (κ1) is 16.9. The Morgan fingerprint density at radius 2 is 2.04 bits per heavy atom. The molecule has 1 aromatic carbocycles. The van der Waals surface area contributed by atoms with E-state index in [4.69, 9.17) is 4.74 Å². The van der Waals surface area contributed by atoms with Crippen molar-refractivity contribution in [2.75, 3.05) is 32.8 Å². The van der Waals surface area contributed by atoms with Crippen LogP contribution in [0.4, 0.5) is 4.39 Å². The Balaban J connectivity index is 1.39. The average Bonchev–Trinajstić information content (AvgIpc) is 3.04. The Labute approximate surface area is 139 Å². The molecule has 0 radical (unpaired) electrons. The van der Waals surface area contributed by atoms with E-state index < -0.39 is 0 Å². The van der Waals surface area contributed by atoms with Gasteiger partial charge in [0.15, 0.2) is 0 Å². The molecule has 0 spiro atoms. The van der Waals surface area contributed by atoms with Gasteiger partial charge >= 0.3 is 0 Å². The standard InChI is InChI=1S/C19H29FN2O/c1-15(12-17-4-2-3-5-19(17)20)21-18-6-9-22(10-7-18)13-16-8-11-23-14-16/h2-5,15-16,18,21H,6-14H2,1H3. The van der Waals surface area contributed by atoms with E-state index in [1.165, 1.54) is 38.9 Å². The highest BCUT2D eigenvalue weighted by molar-refractivity contribution is 5.18. The number of nitrogens with one attached hydrogen (secondary N) is 1. The van der Waals surface area contributed by atoms with E-state index in [0.717, 1.165) is 31.1 Å². The summed E-state index contributed by atoms with van der Waals surface area (Å²) in [6.45, 7) is 7.57. The predicted octanol–water partition coefficient (Wildman–Crippen LogP) is 2.85. The molecule has 0 bridgehead atoms. The summed E-state index contributed by atoms with van der Waals surface area (Å²) in [6.07, 6.45) is 4.36. The maximum Gasteiger partial charge on any atom is 0.126 e. The van der Waals surface area contributed by atoms with Gasteiger partial charge in [0.05, 0.1) is 6.61 Å². The smallest absolute Gasteiger partial charge is 0.126 e. The molecule has 2 atom stereocenters. The lowest BCUT2D eigenvalue weighted by Gasteiger charge is -2.35. The fourth-order valence-corrected chi connectivity index (χ4v) is 3.83. The van der Waals surface area contributed by atoms with Gasteiger partial charge in [-0.1, -0.05) is 18.2 Å². The molecule has 1 aromatic rings. The van der Waals surface area contributed by atoms with Crippen LogP contribution in [-0.4, -0.2) is 49.8 Å². The second kappa shape index (κ2) is 8.22. The lowest BCUT2D eigenvalue weighted by atomic mass is 10.00. The van der Waals surface area contributed by atoms with E-state index in [2.05, 4.69) is 17.1 Å². The SMILES string of the molecule is CC(Cc1ccccc1F)NC1CCN(CC2CCOC2)CC1. The largest absolute Gasteiger partial charge is 0.381 e. The van der Waals surface area contributed by atoms with Crippen LogP contribution in [0.5, 0.6) is 0 Å². The molecule has 128 valence electrons. The molecule has 0 amide bonds. The second-order valence-corrected chi connectivity index (χ2v) is 7.17. The van der Waals surface area contributed by atoms with E-state index >= 15 is 0 Å². The zero-order valence-electron chi connectivity index (χ0n) is 14.1. The molecule has 2 aliphatic heterocycles. The molecule has 2 saturated heterocycles. The van der Waals surface area contributed by atoms with Crippen LogP contribution >= 0.6 is 0 Å². The van der Waals surface area contributed by atoms with Crippen molar-refractivity contribution < 1.29 is 9.13 Å². The van der Waals surface area contributed by atoms with Gasteiger partial charge in [-0.3, -0.25) is 0 Å². The maximum atomic E-state index is 13.7. The van der Waals surface area contributed by atoms with Crippen LogP contribution in [-0.2, 0) is 11.2 Å². The van der Waals surface area contributed by atoms with E-state index in [1.807, 2.05) is 12.1 Å². The van der Waals surface area contributed by atoms with Crippen LogP contribution in [0.3, 0.4) is 0 Å². The summed E-state index contributed by atoms with van der Waals surface area (Å²) in [6, 6.07) is 7.98. The number of hydrogen-bond donors (Lipinski definition) is 1. The van der Waals surface area contributed by atoms with Crippen LogP contribution in [0.25, 0.3) is 0 Å². The minimum Gasteiger partial charge on any atom is -0.381 e. The van der Waals surface area contributed by atoms with Crippen LogP contribution in [0, 0.1) is 11.7 Å². The zero-order chi connectivity index (χ0) is 16.1. The lowest BCUT2D eigenvalue weighted by Crippen LogP contribution is -2.47. The number of piperidine rings is 1. The van der Waals surface area contributed by atoms with Gasteiger partial charge in [0.1, 0.15) is 5.82 Å². The predicted molar refractivity (Wildman–Crippen MR) is 91.1 cm³/mol. The summed E-state index contributed by atoms with van der Waals surface area (Å²) in [5.41, 5.74) is 0.811. The van der Waals surface area contributed by atoms with Crippen molar-refractivity contribution in [1.29, 1.82) is 0 Å². The van der Waals surface area contributed by atoms with Gasteiger partial charge in [0, 0.05) is 25.2 Å². The quantitative estimate of drug-likeness (QED) is 0.872. The van der Waals surface area contributed by atoms with Gasteiger partial charge < -0.3 is 15.0 Å². The summed E-state index contributed by atoms with van der Waals surface area (Å²) in [5.74, 6) is 0.647. The lowest BCUT2D eigenvalue weighted by molar-refractivity contribution is 0.145. The molecule has 4 heteroatoms. The molecule has 2 fully saturated rings. The van der Waals surface area contributed by atoms with Crippen molar-refractivity contribution in [3.05, 3.63) is 35.6 Å². The van der Waals surface area contributed by atoms with Crippen molar-refractivity contribution in [3.63, 3.8) is 0 Å². The number of nitrogens with zero attached hydrogens (tertiary/aromatic N) is 1. The fraction of sp³-hybridized carbons (Fsp3) is 0.684. The first-order chi connectivity index (χ1) is 11.2. The molecule has 0 aromatic heterocycles. The van der Waals surface area contributed by atoms with Gasteiger partial charge in [-0.2, -0.15) is 0 Å². The molecule has 0 aliphatic carbocycles. The summed E-state index contributed by atoms with van der Waals surface area (Å²) < 4.78 is 19.2. The average molecular weight is 320 g/mol. The number of benzene rings is 1. The van der Waals surface area contributed by atoms with E-state index in [0.29, 0.717) is 12.1 Å². The molecule has 2 unspecified atom stereocenters. The van der Waals surface area contributed by atoms with Gasteiger partial charge in [0.25, 0.3) is 0 Å². The summed E-state index contributed by atoms with van der Waals surface area (Å²) in [7, 11) is 0. The molecular weight excluding hydrogens is 291 g/mol. The van der Waals surface area contributed by atoms with Crippen LogP contribution in [0.2, 0.25) is 0 Å². The molecule has 2 heterocycles. The first-order valence-corrected chi connectivity index (χ1v) is 9.00. The van der Waals surface area contributed by atoms with Crippen molar-refractivity contribution in [1.82, 2.24) is 10.2 Å². The van der Waals surface area contributed by atoms with Crippen LogP contribution in [0.1, 0.15) is 31.7 Å². The third-order valence-electron chi connectivity index (χ3n) is 5.13. The third-order valence-corrected chi connectivity index (χ3v) is 5.13. The molecule has 1 N–H and O–H groups in total. The van der Waals surface area contributed by atoms with Crippen molar-refractivity contribution in [2.45, 2.75) is 44.7 Å². The number of likely N-dealkylation sites (tertiary alicyclic amines) is 1. The van der Waals surface area contributed by atoms with Gasteiger partial charge in [-0.05, 0) is 63.2 Å². The van der Waals surface area contributed by atoms with Crippen LogP contribution < -0.4 is 5.32 Å². The zero-order valence-corrected chi connectivity index (χ0v) is 14.1. The van der Waals surface area contributed by atoms with Crippen LogP contribution in [0.15, 0.2) is 24.3 Å². The van der Waals surface area contributed by atoms with E-state index in [-0.39, 0.29) is 5.82 Å². The Morgan fingerprint density at radius 3 is 2.74 bits per heavy atom. The molecule has 0 saturated carbocycles. The summed E-state index contributed by atoms with van der Waals surface area (Å²) in [5, 5.41) is 3.69. The first-order valence-electron chi connectivity index (χ1n) is 9.00. The Kier molecular flexibility index (Phi) is 6.03.